The van der Waals surface area contributed by atoms with Gasteiger partial charge in [0.2, 0.25) is 5.91 Å². The normalized spacial score (nSPS) is 18.8. The number of hydrogen-bond acceptors (Lipinski definition) is 5. The van der Waals surface area contributed by atoms with Crippen LogP contribution in [0.25, 0.3) is 0 Å². The number of hydrogen-bond donors (Lipinski definition) is 0. The van der Waals surface area contributed by atoms with Crippen molar-refractivity contribution in [3.63, 3.8) is 0 Å². The van der Waals surface area contributed by atoms with Gasteiger partial charge in [0.05, 0.1) is 17.3 Å². The van der Waals surface area contributed by atoms with Crippen molar-refractivity contribution in [3.8, 4) is 5.75 Å². The van der Waals surface area contributed by atoms with Gasteiger partial charge in [-0.1, -0.05) is 12.1 Å². The molecular formula is C26H37N3O2S. The second kappa shape index (κ2) is 11.3. The number of carbonyl (C=O) groups excluding carboxylic acids is 1. The summed E-state index contributed by atoms with van der Waals surface area (Å²) in [5, 5.41) is 3.29. The maximum atomic E-state index is 13.1. The molecule has 3 heterocycles. The number of aromatic nitrogens is 1. The quantitative estimate of drug-likeness (QED) is 0.566. The number of amides is 1. The Kier molecular flexibility index (Phi) is 8.20. The Hall–Kier alpha value is -1.92. The molecule has 2 fully saturated rings. The lowest BCUT2D eigenvalue weighted by atomic mass is 9.89. The van der Waals surface area contributed by atoms with E-state index in [-0.39, 0.29) is 5.92 Å². The maximum Gasteiger partial charge on any atom is 0.225 e. The van der Waals surface area contributed by atoms with E-state index in [4.69, 9.17) is 4.74 Å². The van der Waals surface area contributed by atoms with E-state index < -0.39 is 0 Å². The van der Waals surface area contributed by atoms with Crippen LogP contribution in [0.2, 0.25) is 0 Å². The van der Waals surface area contributed by atoms with Crippen LogP contribution < -0.4 is 4.74 Å². The van der Waals surface area contributed by atoms with E-state index in [0.717, 1.165) is 81.5 Å². The minimum Gasteiger partial charge on any atom is -0.494 e. The number of nitrogens with zero attached hydrogens (tertiary/aromatic N) is 3. The number of carbonyl (C=O) groups is 1. The van der Waals surface area contributed by atoms with Crippen LogP contribution in [0.1, 0.15) is 55.3 Å². The summed E-state index contributed by atoms with van der Waals surface area (Å²) < 4.78 is 5.53. The predicted molar refractivity (Wildman–Crippen MR) is 130 cm³/mol. The molecule has 1 amide bonds. The molecule has 2 aliphatic rings. The largest absolute Gasteiger partial charge is 0.494 e. The van der Waals surface area contributed by atoms with Crippen LogP contribution in [0.4, 0.5) is 0 Å². The molecular weight excluding hydrogens is 418 g/mol. The highest BCUT2D eigenvalue weighted by molar-refractivity contribution is 7.09. The van der Waals surface area contributed by atoms with Gasteiger partial charge >= 0.3 is 0 Å². The Morgan fingerprint density at radius 1 is 1.09 bits per heavy atom. The average molecular weight is 456 g/mol. The van der Waals surface area contributed by atoms with E-state index in [1.165, 1.54) is 17.7 Å². The zero-order chi connectivity index (χ0) is 22.3. The summed E-state index contributed by atoms with van der Waals surface area (Å²) in [4.78, 5) is 22.3. The topological polar surface area (TPSA) is 45.7 Å². The van der Waals surface area contributed by atoms with Crippen molar-refractivity contribution in [3.05, 3.63) is 45.9 Å². The smallest absolute Gasteiger partial charge is 0.225 e. The summed E-state index contributed by atoms with van der Waals surface area (Å²) in [6.45, 7) is 9.58. The summed E-state index contributed by atoms with van der Waals surface area (Å²) in [5.41, 5.74) is 2.55. The number of rotatable bonds is 8. The Morgan fingerprint density at radius 3 is 2.44 bits per heavy atom. The molecule has 0 bridgehead atoms. The van der Waals surface area contributed by atoms with Crippen molar-refractivity contribution >= 4 is 17.2 Å². The summed E-state index contributed by atoms with van der Waals surface area (Å²) in [5.74, 6) is 2.30. The van der Waals surface area contributed by atoms with Gasteiger partial charge in [-0.05, 0) is 89.1 Å². The van der Waals surface area contributed by atoms with Crippen LogP contribution in [-0.2, 0) is 17.8 Å². The third kappa shape index (κ3) is 6.32. The zero-order valence-electron chi connectivity index (χ0n) is 19.6. The first-order valence-corrected chi connectivity index (χ1v) is 13.1. The Labute approximate surface area is 196 Å². The SMILES string of the molecule is CCOc1ccc(CCC2CCN(C(=O)C3CCN(Cc4csc(C)n4)CC3)CC2)cc1. The zero-order valence-corrected chi connectivity index (χ0v) is 20.4. The fraction of sp³-hybridized carbons (Fsp3) is 0.615. The molecule has 0 unspecified atom stereocenters. The van der Waals surface area contributed by atoms with Crippen molar-refractivity contribution in [1.29, 1.82) is 0 Å². The number of aryl methyl sites for hydroxylation is 2. The van der Waals surface area contributed by atoms with Crippen molar-refractivity contribution in [2.45, 2.75) is 58.9 Å². The van der Waals surface area contributed by atoms with Crippen LogP contribution >= 0.6 is 11.3 Å². The summed E-state index contributed by atoms with van der Waals surface area (Å²) in [6, 6.07) is 8.52. The van der Waals surface area contributed by atoms with Crippen LogP contribution in [0, 0.1) is 18.8 Å². The summed E-state index contributed by atoms with van der Waals surface area (Å²) >= 11 is 1.72. The highest BCUT2D eigenvalue weighted by atomic mass is 32.1. The second-order valence-electron chi connectivity index (χ2n) is 9.29. The first-order valence-electron chi connectivity index (χ1n) is 12.2. The molecule has 2 saturated heterocycles. The summed E-state index contributed by atoms with van der Waals surface area (Å²) in [7, 11) is 0. The van der Waals surface area contributed by atoms with E-state index in [2.05, 4.69) is 51.4 Å². The number of likely N-dealkylation sites (tertiary alicyclic amines) is 2. The Balaban J connectivity index is 1.15. The third-order valence-electron chi connectivity index (χ3n) is 6.99. The van der Waals surface area contributed by atoms with Crippen LogP contribution in [0.15, 0.2) is 29.6 Å². The average Bonchev–Trinajstić information content (AvgIpc) is 3.23. The van der Waals surface area contributed by atoms with Crippen molar-refractivity contribution in [2.75, 3.05) is 32.8 Å². The van der Waals surface area contributed by atoms with E-state index in [0.29, 0.717) is 12.5 Å². The van der Waals surface area contributed by atoms with Crippen molar-refractivity contribution in [1.82, 2.24) is 14.8 Å². The molecule has 0 N–H and O–H groups in total. The van der Waals surface area contributed by atoms with Gasteiger partial charge in [-0.3, -0.25) is 9.69 Å². The van der Waals surface area contributed by atoms with Gasteiger partial charge in [-0.2, -0.15) is 0 Å². The lowest BCUT2D eigenvalue weighted by molar-refractivity contribution is -0.138. The fourth-order valence-corrected chi connectivity index (χ4v) is 5.64. The van der Waals surface area contributed by atoms with Gasteiger partial charge in [0.25, 0.3) is 0 Å². The number of ether oxygens (including phenoxy) is 1. The maximum absolute atomic E-state index is 13.1. The molecule has 0 saturated carbocycles. The highest BCUT2D eigenvalue weighted by Gasteiger charge is 2.31. The van der Waals surface area contributed by atoms with Gasteiger partial charge < -0.3 is 9.64 Å². The van der Waals surface area contributed by atoms with Gasteiger partial charge in [0.15, 0.2) is 0 Å². The highest BCUT2D eigenvalue weighted by Crippen LogP contribution is 2.27. The molecule has 6 heteroatoms. The van der Waals surface area contributed by atoms with E-state index in [1.807, 2.05) is 6.92 Å². The molecule has 5 nitrogen and oxygen atoms in total. The molecule has 2 aliphatic heterocycles. The monoisotopic (exact) mass is 455 g/mol. The lowest BCUT2D eigenvalue weighted by Crippen LogP contribution is -2.45. The van der Waals surface area contributed by atoms with Crippen LogP contribution in [0.5, 0.6) is 5.75 Å². The van der Waals surface area contributed by atoms with Gasteiger partial charge in [-0.25, -0.2) is 4.98 Å². The molecule has 32 heavy (non-hydrogen) atoms. The first-order chi connectivity index (χ1) is 15.6. The number of piperidine rings is 2. The molecule has 4 rings (SSSR count). The standard InChI is InChI=1S/C26H37N3O2S/c1-3-31-25-8-6-21(7-9-25)4-5-22-10-16-29(17-11-22)26(30)23-12-14-28(15-13-23)18-24-19-32-20(2)27-24/h6-9,19,22-23H,3-5,10-18H2,1-2H3. The summed E-state index contributed by atoms with van der Waals surface area (Å²) in [6.07, 6.45) is 6.58. The lowest BCUT2D eigenvalue weighted by Gasteiger charge is -2.37. The molecule has 0 radical (unpaired) electrons. The van der Waals surface area contributed by atoms with E-state index in [1.54, 1.807) is 11.3 Å². The molecule has 2 aromatic rings. The van der Waals surface area contributed by atoms with Gasteiger partial charge in [0, 0.05) is 30.9 Å². The first kappa shape index (κ1) is 23.2. The van der Waals surface area contributed by atoms with E-state index in [9.17, 15) is 4.79 Å². The molecule has 1 aromatic carbocycles. The minimum absolute atomic E-state index is 0.212. The van der Waals surface area contributed by atoms with Gasteiger partial charge in [-0.15, -0.1) is 11.3 Å². The van der Waals surface area contributed by atoms with Crippen molar-refractivity contribution < 1.29 is 9.53 Å². The second-order valence-corrected chi connectivity index (χ2v) is 10.4. The molecule has 0 aliphatic carbocycles. The molecule has 0 atom stereocenters. The third-order valence-corrected chi connectivity index (χ3v) is 7.81. The Morgan fingerprint density at radius 2 is 1.81 bits per heavy atom. The number of benzene rings is 1. The van der Waals surface area contributed by atoms with Crippen molar-refractivity contribution in [2.24, 2.45) is 11.8 Å². The van der Waals surface area contributed by atoms with Crippen LogP contribution in [-0.4, -0.2) is 53.5 Å². The van der Waals surface area contributed by atoms with Crippen LogP contribution in [0.3, 0.4) is 0 Å². The number of thiazole rings is 1. The predicted octanol–water partition coefficient (Wildman–Crippen LogP) is 4.93. The molecule has 0 spiro atoms. The minimum atomic E-state index is 0.212. The van der Waals surface area contributed by atoms with Gasteiger partial charge in [0.1, 0.15) is 5.75 Å². The fourth-order valence-electron chi connectivity index (χ4n) is 5.04. The Bertz CT molecular complexity index is 850. The van der Waals surface area contributed by atoms with E-state index >= 15 is 0 Å². The molecule has 174 valence electrons. The molecule has 1 aromatic heterocycles.